The Bertz CT molecular complexity index is 298. The minimum Gasteiger partial charge on any atom is -0.480 e. The molecule has 0 aromatic carbocycles. The summed E-state index contributed by atoms with van der Waals surface area (Å²) in [7, 11) is 1.87. The van der Waals surface area contributed by atoms with Gasteiger partial charge in [0, 0.05) is 25.5 Å². The Kier molecular flexibility index (Phi) is 4.33. The molecule has 1 rings (SSSR count). The molecule has 4 N–H and O–H groups in total. The number of H-pyrrole nitrogens is 1. The topological polar surface area (TPSA) is 82.3 Å². The number of hydrogen-bond donors (Lipinski definition) is 3. The SMILES string of the molecule is CN(CCc1cc[nH]c1)CC(N)C(=O)O. The summed E-state index contributed by atoms with van der Waals surface area (Å²) >= 11 is 0. The van der Waals surface area contributed by atoms with Crippen LogP contribution < -0.4 is 5.73 Å². The molecule has 0 spiro atoms. The van der Waals surface area contributed by atoms with Gasteiger partial charge in [0.15, 0.2) is 0 Å². The molecule has 0 bridgehead atoms. The molecule has 5 heteroatoms. The lowest BCUT2D eigenvalue weighted by molar-refractivity contribution is -0.138. The summed E-state index contributed by atoms with van der Waals surface area (Å²) in [6, 6.07) is 1.20. The van der Waals surface area contributed by atoms with E-state index in [1.807, 2.05) is 30.4 Å². The van der Waals surface area contributed by atoms with Gasteiger partial charge in [-0.1, -0.05) is 0 Å². The third-order valence-corrected chi connectivity index (χ3v) is 2.27. The third-order valence-electron chi connectivity index (χ3n) is 2.27. The Hall–Kier alpha value is -1.33. The van der Waals surface area contributed by atoms with Gasteiger partial charge in [0.2, 0.25) is 0 Å². The second-order valence-corrected chi connectivity index (χ2v) is 3.68. The Morgan fingerprint density at radius 3 is 3.00 bits per heavy atom. The Labute approximate surface area is 88.9 Å². The number of carboxylic acids is 1. The molecule has 1 aromatic heterocycles. The van der Waals surface area contributed by atoms with Crippen molar-refractivity contribution in [3.8, 4) is 0 Å². The summed E-state index contributed by atoms with van der Waals surface area (Å²) in [5.74, 6) is -0.955. The van der Waals surface area contributed by atoms with E-state index >= 15 is 0 Å². The number of nitrogens with two attached hydrogens (primary N) is 1. The predicted molar refractivity (Wildman–Crippen MR) is 57.6 cm³/mol. The summed E-state index contributed by atoms with van der Waals surface area (Å²) in [5.41, 5.74) is 6.63. The van der Waals surface area contributed by atoms with E-state index in [0.29, 0.717) is 6.54 Å². The van der Waals surface area contributed by atoms with Crippen LogP contribution in [0.3, 0.4) is 0 Å². The zero-order valence-corrected chi connectivity index (χ0v) is 8.81. The van der Waals surface area contributed by atoms with Gasteiger partial charge < -0.3 is 20.7 Å². The summed E-state index contributed by atoms with van der Waals surface area (Å²) < 4.78 is 0. The van der Waals surface area contributed by atoms with Gasteiger partial charge in [0.1, 0.15) is 6.04 Å². The largest absolute Gasteiger partial charge is 0.480 e. The van der Waals surface area contributed by atoms with Crippen LogP contribution in [0.4, 0.5) is 0 Å². The Morgan fingerprint density at radius 1 is 1.73 bits per heavy atom. The fourth-order valence-corrected chi connectivity index (χ4v) is 1.34. The van der Waals surface area contributed by atoms with Crippen molar-refractivity contribution in [2.45, 2.75) is 12.5 Å². The number of carbonyl (C=O) groups is 1. The van der Waals surface area contributed by atoms with Crippen molar-refractivity contribution in [2.75, 3.05) is 20.1 Å². The summed E-state index contributed by atoms with van der Waals surface area (Å²) in [6.45, 7) is 1.18. The second-order valence-electron chi connectivity index (χ2n) is 3.68. The number of hydrogen-bond acceptors (Lipinski definition) is 3. The first kappa shape index (κ1) is 11.7. The molecule has 1 heterocycles. The van der Waals surface area contributed by atoms with Crippen molar-refractivity contribution >= 4 is 5.97 Å². The van der Waals surface area contributed by atoms with Gasteiger partial charge in [-0.25, -0.2) is 0 Å². The van der Waals surface area contributed by atoms with Crippen LogP contribution in [0.2, 0.25) is 0 Å². The number of aliphatic carboxylic acids is 1. The minimum absolute atomic E-state index is 0.375. The maximum Gasteiger partial charge on any atom is 0.321 e. The molecular formula is C10H17N3O2. The van der Waals surface area contributed by atoms with Crippen molar-refractivity contribution < 1.29 is 9.90 Å². The van der Waals surface area contributed by atoms with Crippen molar-refractivity contribution in [2.24, 2.45) is 5.73 Å². The van der Waals surface area contributed by atoms with E-state index < -0.39 is 12.0 Å². The fraction of sp³-hybridized carbons (Fsp3) is 0.500. The molecule has 15 heavy (non-hydrogen) atoms. The number of likely N-dealkylation sites (N-methyl/N-ethyl adjacent to an activating group) is 1. The van der Waals surface area contributed by atoms with Crippen molar-refractivity contribution in [1.82, 2.24) is 9.88 Å². The van der Waals surface area contributed by atoms with Crippen LogP contribution in [-0.4, -0.2) is 47.1 Å². The van der Waals surface area contributed by atoms with Gasteiger partial charge in [0.05, 0.1) is 0 Å². The molecule has 1 atom stereocenters. The van der Waals surface area contributed by atoms with Crippen molar-refractivity contribution in [3.63, 3.8) is 0 Å². The van der Waals surface area contributed by atoms with Crippen LogP contribution in [0.25, 0.3) is 0 Å². The molecule has 0 saturated carbocycles. The number of nitrogens with zero attached hydrogens (tertiary/aromatic N) is 1. The highest BCUT2D eigenvalue weighted by atomic mass is 16.4. The Morgan fingerprint density at radius 2 is 2.47 bits per heavy atom. The number of nitrogens with one attached hydrogen (secondary N) is 1. The molecule has 1 aromatic rings. The number of rotatable bonds is 6. The lowest BCUT2D eigenvalue weighted by atomic mass is 10.2. The number of carboxylic acid groups (broad SMARTS) is 1. The fourth-order valence-electron chi connectivity index (χ4n) is 1.34. The van der Waals surface area contributed by atoms with E-state index in [-0.39, 0.29) is 0 Å². The lowest BCUT2D eigenvalue weighted by Gasteiger charge is -2.18. The van der Waals surface area contributed by atoms with Crippen molar-refractivity contribution in [1.29, 1.82) is 0 Å². The molecule has 0 amide bonds. The number of aromatic nitrogens is 1. The quantitative estimate of drug-likeness (QED) is 0.613. The van der Waals surface area contributed by atoms with Gasteiger partial charge in [-0.2, -0.15) is 0 Å². The summed E-state index contributed by atoms with van der Waals surface area (Å²) in [6.07, 6.45) is 4.70. The van der Waals surface area contributed by atoms with Crippen LogP contribution >= 0.6 is 0 Å². The predicted octanol–water partition coefficient (Wildman–Crippen LogP) is -0.0991. The molecule has 0 aliphatic heterocycles. The third kappa shape index (κ3) is 4.14. The van der Waals surface area contributed by atoms with E-state index in [2.05, 4.69) is 4.98 Å². The molecular weight excluding hydrogens is 194 g/mol. The van der Waals surface area contributed by atoms with Gasteiger partial charge in [0.25, 0.3) is 0 Å². The average Bonchev–Trinajstić information content (AvgIpc) is 2.66. The maximum atomic E-state index is 10.5. The van der Waals surface area contributed by atoms with Crippen LogP contribution in [0.1, 0.15) is 5.56 Å². The summed E-state index contributed by atoms with van der Waals surface area (Å²) in [4.78, 5) is 15.4. The molecule has 84 valence electrons. The smallest absolute Gasteiger partial charge is 0.321 e. The normalized spacial score (nSPS) is 13.0. The first-order valence-corrected chi connectivity index (χ1v) is 4.88. The van der Waals surface area contributed by atoms with E-state index in [1.165, 1.54) is 5.56 Å². The highest BCUT2D eigenvalue weighted by Gasteiger charge is 2.13. The molecule has 0 radical (unpaired) electrons. The molecule has 5 nitrogen and oxygen atoms in total. The highest BCUT2D eigenvalue weighted by molar-refractivity contribution is 5.73. The van der Waals surface area contributed by atoms with Gasteiger partial charge in [-0.3, -0.25) is 4.79 Å². The van der Waals surface area contributed by atoms with Crippen LogP contribution in [0, 0.1) is 0 Å². The van der Waals surface area contributed by atoms with Gasteiger partial charge in [-0.15, -0.1) is 0 Å². The maximum absolute atomic E-state index is 10.5. The molecule has 0 aliphatic carbocycles. The minimum atomic E-state index is -0.955. The number of aromatic amines is 1. The lowest BCUT2D eigenvalue weighted by Crippen LogP contribution is -2.41. The van der Waals surface area contributed by atoms with Crippen LogP contribution in [0.5, 0.6) is 0 Å². The standard InChI is InChI=1S/C10H17N3O2/c1-13(7-9(11)10(14)15)5-3-8-2-4-12-6-8/h2,4,6,9,12H,3,5,7,11H2,1H3,(H,14,15). The van der Waals surface area contributed by atoms with E-state index in [0.717, 1.165) is 13.0 Å². The monoisotopic (exact) mass is 211 g/mol. The molecule has 0 aliphatic rings. The zero-order valence-electron chi connectivity index (χ0n) is 8.81. The average molecular weight is 211 g/mol. The van der Waals surface area contributed by atoms with Crippen molar-refractivity contribution in [3.05, 3.63) is 24.0 Å². The van der Waals surface area contributed by atoms with Gasteiger partial charge in [-0.05, 0) is 25.1 Å². The molecule has 0 saturated heterocycles. The van der Waals surface area contributed by atoms with E-state index in [9.17, 15) is 4.79 Å². The van der Waals surface area contributed by atoms with Crippen LogP contribution in [-0.2, 0) is 11.2 Å². The Balaban J connectivity index is 2.24. The first-order valence-electron chi connectivity index (χ1n) is 4.88. The first-order chi connectivity index (χ1) is 7.09. The van der Waals surface area contributed by atoms with E-state index in [4.69, 9.17) is 10.8 Å². The zero-order chi connectivity index (χ0) is 11.3. The summed E-state index contributed by atoms with van der Waals surface area (Å²) in [5, 5.41) is 8.63. The molecule has 0 fully saturated rings. The highest BCUT2D eigenvalue weighted by Crippen LogP contribution is 1.99. The molecule has 1 unspecified atom stereocenters. The second kappa shape index (κ2) is 5.53. The van der Waals surface area contributed by atoms with Crippen LogP contribution in [0.15, 0.2) is 18.5 Å². The van der Waals surface area contributed by atoms with E-state index in [1.54, 1.807) is 0 Å². The van der Waals surface area contributed by atoms with Gasteiger partial charge >= 0.3 is 5.97 Å².